The zero-order chi connectivity index (χ0) is 11.4. The third-order valence-corrected chi connectivity index (χ3v) is 4.36. The van der Waals surface area contributed by atoms with Gasteiger partial charge in [-0.25, -0.2) is 0 Å². The van der Waals surface area contributed by atoms with E-state index in [1.165, 1.54) is 4.88 Å². The molecule has 1 N–H and O–H groups in total. The van der Waals surface area contributed by atoms with Crippen molar-refractivity contribution in [2.75, 3.05) is 7.05 Å². The van der Waals surface area contributed by atoms with Crippen LogP contribution in [0.4, 0.5) is 0 Å². The second-order valence-electron chi connectivity index (χ2n) is 4.41. The summed E-state index contributed by atoms with van der Waals surface area (Å²) in [6, 6.07) is 4.65. The van der Waals surface area contributed by atoms with Crippen LogP contribution in [-0.2, 0) is 6.42 Å². The first kappa shape index (κ1) is 13.0. The molecule has 1 nitrogen and oxygen atoms in total. The summed E-state index contributed by atoms with van der Waals surface area (Å²) in [7, 11) is 2.04. The van der Waals surface area contributed by atoms with E-state index >= 15 is 0 Å². The van der Waals surface area contributed by atoms with Crippen molar-refractivity contribution in [3.63, 3.8) is 0 Å². The number of hydrogen-bond donors (Lipinski definition) is 1. The average Bonchev–Trinajstić information content (AvgIpc) is 2.59. The van der Waals surface area contributed by atoms with Crippen LogP contribution in [0, 0.1) is 11.8 Å². The molecule has 0 aliphatic heterocycles. The van der Waals surface area contributed by atoms with Crippen molar-refractivity contribution in [2.24, 2.45) is 11.8 Å². The van der Waals surface area contributed by atoms with E-state index < -0.39 is 0 Å². The van der Waals surface area contributed by atoms with Crippen molar-refractivity contribution in [3.8, 4) is 0 Å². The van der Waals surface area contributed by atoms with Gasteiger partial charge in [0, 0.05) is 10.9 Å². The Morgan fingerprint density at radius 1 is 1.33 bits per heavy atom. The molecule has 0 bridgehead atoms. The van der Waals surface area contributed by atoms with E-state index in [0.717, 1.165) is 10.8 Å². The molecule has 1 rings (SSSR count). The summed E-state index contributed by atoms with van der Waals surface area (Å²) in [6.45, 7) is 6.86. The van der Waals surface area contributed by atoms with E-state index in [2.05, 4.69) is 32.2 Å². The van der Waals surface area contributed by atoms with Crippen LogP contribution in [-0.4, -0.2) is 13.1 Å². The van der Waals surface area contributed by atoms with Crippen LogP contribution >= 0.6 is 22.9 Å². The SMILES string of the molecule is CNC(Cc1ccc(Cl)s1)C(C)C(C)C. The fourth-order valence-electron chi connectivity index (χ4n) is 1.69. The first-order valence-electron chi connectivity index (χ1n) is 5.46. The molecule has 0 radical (unpaired) electrons. The normalized spacial score (nSPS) is 15.6. The van der Waals surface area contributed by atoms with Crippen LogP contribution in [0.15, 0.2) is 12.1 Å². The van der Waals surface area contributed by atoms with Crippen LogP contribution in [0.2, 0.25) is 4.34 Å². The standard InChI is InChI=1S/C12H20ClNS/c1-8(2)9(3)11(14-4)7-10-5-6-12(13)15-10/h5-6,8-9,11,14H,7H2,1-4H3. The summed E-state index contributed by atoms with van der Waals surface area (Å²) in [4.78, 5) is 1.37. The minimum Gasteiger partial charge on any atom is -0.316 e. The maximum atomic E-state index is 5.93. The number of nitrogens with one attached hydrogen (secondary N) is 1. The van der Waals surface area contributed by atoms with E-state index in [-0.39, 0.29) is 0 Å². The summed E-state index contributed by atoms with van der Waals surface area (Å²) >= 11 is 7.61. The first-order valence-corrected chi connectivity index (χ1v) is 6.65. The maximum absolute atomic E-state index is 5.93. The van der Waals surface area contributed by atoms with E-state index in [1.807, 2.05) is 13.1 Å². The lowest BCUT2D eigenvalue weighted by atomic mass is 9.88. The topological polar surface area (TPSA) is 12.0 Å². The molecule has 0 aromatic carbocycles. The van der Waals surface area contributed by atoms with Gasteiger partial charge < -0.3 is 5.32 Å². The number of rotatable bonds is 5. The molecule has 0 aliphatic carbocycles. The number of thiophene rings is 1. The summed E-state index contributed by atoms with van der Waals surface area (Å²) in [5, 5.41) is 3.40. The molecule has 0 saturated carbocycles. The molecule has 1 heterocycles. The van der Waals surface area contributed by atoms with Gasteiger partial charge in [0.1, 0.15) is 0 Å². The van der Waals surface area contributed by atoms with Gasteiger partial charge in [-0.3, -0.25) is 0 Å². The van der Waals surface area contributed by atoms with Crippen LogP contribution in [0.1, 0.15) is 25.6 Å². The lowest BCUT2D eigenvalue weighted by Crippen LogP contribution is -2.36. The largest absolute Gasteiger partial charge is 0.316 e. The molecular formula is C12H20ClNS. The van der Waals surface area contributed by atoms with Gasteiger partial charge in [0.25, 0.3) is 0 Å². The van der Waals surface area contributed by atoms with Gasteiger partial charge in [-0.15, -0.1) is 11.3 Å². The summed E-state index contributed by atoms with van der Waals surface area (Å²) in [6.07, 6.45) is 1.08. The van der Waals surface area contributed by atoms with Gasteiger partial charge in [-0.1, -0.05) is 32.4 Å². The van der Waals surface area contributed by atoms with Crippen molar-refractivity contribution in [3.05, 3.63) is 21.3 Å². The van der Waals surface area contributed by atoms with E-state index in [1.54, 1.807) is 11.3 Å². The molecule has 0 fully saturated rings. The molecule has 0 amide bonds. The van der Waals surface area contributed by atoms with Gasteiger partial charge in [0.05, 0.1) is 4.34 Å². The Hall–Kier alpha value is -0.0500. The van der Waals surface area contributed by atoms with Crippen molar-refractivity contribution >= 4 is 22.9 Å². The summed E-state index contributed by atoms with van der Waals surface area (Å²) < 4.78 is 0.886. The first-order chi connectivity index (χ1) is 7.04. The molecule has 3 heteroatoms. The Bertz CT molecular complexity index is 296. The predicted octanol–water partition coefficient (Wildman–Crippen LogP) is 3.82. The molecular weight excluding hydrogens is 226 g/mol. The smallest absolute Gasteiger partial charge is 0.0931 e. The van der Waals surface area contributed by atoms with Crippen LogP contribution in [0.5, 0.6) is 0 Å². The van der Waals surface area contributed by atoms with Crippen LogP contribution in [0.3, 0.4) is 0 Å². The molecule has 15 heavy (non-hydrogen) atoms. The molecule has 1 aromatic rings. The summed E-state index contributed by atoms with van der Waals surface area (Å²) in [5.74, 6) is 1.38. The molecule has 2 unspecified atom stereocenters. The fraction of sp³-hybridized carbons (Fsp3) is 0.667. The highest BCUT2D eigenvalue weighted by atomic mass is 35.5. The lowest BCUT2D eigenvalue weighted by Gasteiger charge is -2.26. The third-order valence-electron chi connectivity index (χ3n) is 3.11. The molecule has 0 aliphatic rings. The maximum Gasteiger partial charge on any atom is 0.0931 e. The minimum atomic E-state index is 0.541. The molecule has 1 aromatic heterocycles. The highest BCUT2D eigenvalue weighted by Crippen LogP contribution is 2.25. The molecule has 0 spiro atoms. The van der Waals surface area contributed by atoms with E-state index in [4.69, 9.17) is 11.6 Å². The van der Waals surface area contributed by atoms with Crippen molar-refractivity contribution in [2.45, 2.75) is 33.2 Å². The highest BCUT2D eigenvalue weighted by molar-refractivity contribution is 7.16. The van der Waals surface area contributed by atoms with Crippen LogP contribution < -0.4 is 5.32 Å². The Morgan fingerprint density at radius 3 is 2.40 bits per heavy atom. The van der Waals surface area contributed by atoms with Crippen LogP contribution in [0.25, 0.3) is 0 Å². The monoisotopic (exact) mass is 245 g/mol. The second-order valence-corrected chi connectivity index (χ2v) is 6.21. The minimum absolute atomic E-state index is 0.541. The van der Waals surface area contributed by atoms with Crippen molar-refractivity contribution < 1.29 is 0 Å². The Kier molecular flexibility index (Phi) is 5.10. The second kappa shape index (κ2) is 5.88. The number of halogens is 1. The predicted molar refractivity (Wildman–Crippen MR) is 69.9 cm³/mol. The van der Waals surface area contributed by atoms with Crippen molar-refractivity contribution in [1.29, 1.82) is 0 Å². The van der Waals surface area contributed by atoms with E-state index in [0.29, 0.717) is 17.9 Å². The number of likely N-dealkylation sites (N-methyl/N-ethyl adjacent to an activating group) is 1. The highest BCUT2D eigenvalue weighted by Gasteiger charge is 2.19. The Morgan fingerprint density at radius 2 is 2.00 bits per heavy atom. The molecule has 0 saturated heterocycles. The average molecular weight is 246 g/mol. The van der Waals surface area contributed by atoms with Gasteiger partial charge >= 0.3 is 0 Å². The third kappa shape index (κ3) is 3.78. The lowest BCUT2D eigenvalue weighted by molar-refractivity contribution is 0.311. The fourth-order valence-corrected chi connectivity index (χ4v) is 2.84. The summed E-state index contributed by atoms with van der Waals surface area (Å²) in [5.41, 5.74) is 0. The number of hydrogen-bond acceptors (Lipinski definition) is 2. The quantitative estimate of drug-likeness (QED) is 0.832. The zero-order valence-corrected chi connectivity index (χ0v) is 11.5. The van der Waals surface area contributed by atoms with E-state index in [9.17, 15) is 0 Å². The molecule has 2 atom stereocenters. The Balaban J connectivity index is 2.61. The van der Waals surface area contributed by atoms with Gasteiger partial charge in [-0.05, 0) is 37.4 Å². The van der Waals surface area contributed by atoms with Crippen molar-refractivity contribution in [1.82, 2.24) is 5.32 Å². The van der Waals surface area contributed by atoms with Gasteiger partial charge in [0.15, 0.2) is 0 Å². The van der Waals surface area contributed by atoms with Gasteiger partial charge in [0.2, 0.25) is 0 Å². The zero-order valence-electron chi connectivity index (χ0n) is 9.88. The Labute approximate surface area is 102 Å². The van der Waals surface area contributed by atoms with Gasteiger partial charge in [-0.2, -0.15) is 0 Å². The molecule has 86 valence electrons.